The highest BCUT2D eigenvalue weighted by Gasteiger charge is 2.14. The second-order valence-electron chi connectivity index (χ2n) is 4.28. The minimum Gasteiger partial charge on any atom is -0.398 e. The largest absolute Gasteiger partial charge is 0.398 e. The van der Waals surface area contributed by atoms with Crippen LogP contribution in [0.5, 0.6) is 0 Å². The van der Waals surface area contributed by atoms with Gasteiger partial charge in [0.15, 0.2) is 0 Å². The van der Waals surface area contributed by atoms with Crippen LogP contribution in [0.2, 0.25) is 0 Å². The van der Waals surface area contributed by atoms with Gasteiger partial charge in [-0.05, 0) is 44.1 Å². The van der Waals surface area contributed by atoms with E-state index in [4.69, 9.17) is 5.73 Å². The van der Waals surface area contributed by atoms with E-state index in [1.54, 1.807) is 0 Å². The van der Waals surface area contributed by atoms with Crippen LogP contribution in [-0.4, -0.2) is 34.5 Å². The Hall–Kier alpha value is -0.940. The lowest BCUT2D eigenvalue weighted by atomic mass is 10.3. The summed E-state index contributed by atoms with van der Waals surface area (Å²) in [6, 6.07) is 4.03. The summed E-state index contributed by atoms with van der Waals surface area (Å²) in [5, 5.41) is 0. The molecular weight excluding hydrogens is 239 g/mol. The maximum absolute atomic E-state index is 13.0. The van der Waals surface area contributed by atoms with E-state index in [1.165, 1.54) is 31.0 Å². The SMILES string of the molecule is Nc1ccc(F)cc1S(=O)CCN1CCCC1. The zero-order chi connectivity index (χ0) is 12.3. The Morgan fingerprint density at radius 3 is 2.76 bits per heavy atom. The molecule has 0 bridgehead atoms. The van der Waals surface area contributed by atoms with E-state index < -0.39 is 10.8 Å². The molecule has 0 aromatic heterocycles. The van der Waals surface area contributed by atoms with Gasteiger partial charge in [-0.2, -0.15) is 0 Å². The fraction of sp³-hybridized carbons (Fsp3) is 0.500. The number of nitrogens with zero attached hydrogens (tertiary/aromatic N) is 1. The highest BCUT2D eigenvalue weighted by Crippen LogP contribution is 2.18. The van der Waals surface area contributed by atoms with E-state index in [2.05, 4.69) is 4.90 Å². The van der Waals surface area contributed by atoms with Crippen LogP contribution >= 0.6 is 0 Å². The molecule has 1 saturated heterocycles. The van der Waals surface area contributed by atoms with E-state index in [-0.39, 0.29) is 5.82 Å². The van der Waals surface area contributed by atoms with Gasteiger partial charge in [0, 0.05) is 18.0 Å². The zero-order valence-corrected chi connectivity index (χ0v) is 10.5. The van der Waals surface area contributed by atoms with Gasteiger partial charge in [0.1, 0.15) is 5.82 Å². The van der Waals surface area contributed by atoms with Crippen LogP contribution in [0.1, 0.15) is 12.8 Å². The molecule has 0 saturated carbocycles. The normalized spacial score (nSPS) is 18.4. The summed E-state index contributed by atoms with van der Waals surface area (Å²) in [4.78, 5) is 2.71. The van der Waals surface area contributed by atoms with E-state index >= 15 is 0 Å². The van der Waals surface area contributed by atoms with Crippen LogP contribution in [-0.2, 0) is 10.8 Å². The summed E-state index contributed by atoms with van der Waals surface area (Å²) in [6.45, 7) is 2.95. The molecule has 1 aliphatic heterocycles. The Kier molecular flexibility index (Phi) is 4.12. The van der Waals surface area contributed by atoms with E-state index in [0.29, 0.717) is 16.3 Å². The molecule has 0 spiro atoms. The fourth-order valence-corrected chi connectivity index (χ4v) is 3.25. The molecule has 0 radical (unpaired) electrons. The third-order valence-corrected chi connectivity index (χ3v) is 4.41. The van der Waals surface area contributed by atoms with E-state index in [1.807, 2.05) is 0 Å². The standard InChI is InChI=1S/C12H17FN2OS/c13-10-3-4-11(14)12(9-10)17(16)8-7-15-5-1-2-6-15/h3-4,9H,1-2,5-8,14H2. The lowest BCUT2D eigenvalue weighted by Gasteiger charge is -2.14. The Balaban J connectivity index is 1.96. The molecule has 94 valence electrons. The minimum atomic E-state index is -1.21. The summed E-state index contributed by atoms with van der Waals surface area (Å²) >= 11 is 0. The molecule has 0 aliphatic carbocycles. The van der Waals surface area contributed by atoms with Crippen molar-refractivity contribution in [2.75, 3.05) is 31.1 Å². The number of nitrogen functional groups attached to an aromatic ring is 1. The first-order chi connectivity index (χ1) is 8.16. The third kappa shape index (κ3) is 3.26. The third-order valence-electron chi connectivity index (χ3n) is 3.01. The van der Waals surface area contributed by atoms with Gasteiger partial charge in [-0.1, -0.05) is 0 Å². The van der Waals surface area contributed by atoms with Crippen LogP contribution in [0.4, 0.5) is 10.1 Å². The van der Waals surface area contributed by atoms with E-state index in [9.17, 15) is 8.60 Å². The number of hydrogen-bond acceptors (Lipinski definition) is 3. The molecule has 1 atom stereocenters. The van der Waals surface area contributed by atoms with Crippen molar-refractivity contribution in [1.29, 1.82) is 0 Å². The fourth-order valence-electron chi connectivity index (χ4n) is 2.03. The lowest BCUT2D eigenvalue weighted by Crippen LogP contribution is -2.24. The van der Waals surface area contributed by atoms with Crippen molar-refractivity contribution in [3.05, 3.63) is 24.0 Å². The smallest absolute Gasteiger partial charge is 0.124 e. The maximum atomic E-state index is 13.0. The highest BCUT2D eigenvalue weighted by atomic mass is 32.2. The first kappa shape index (κ1) is 12.5. The zero-order valence-electron chi connectivity index (χ0n) is 9.69. The van der Waals surface area contributed by atoms with Crippen LogP contribution in [0.3, 0.4) is 0 Å². The molecule has 3 nitrogen and oxygen atoms in total. The number of nitrogens with two attached hydrogens (primary N) is 1. The summed E-state index contributed by atoms with van der Waals surface area (Å²) < 4.78 is 25.1. The van der Waals surface area contributed by atoms with Crippen molar-refractivity contribution in [2.45, 2.75) is 17.7 Å². The predicted molar refractivity (Wildman–Crippen MR) is 67.8 cm³/mol. The summed E-state index contributed by atoms with van der Waals surface area (Å²) in [6.07, 6.45) is 2.43. The number of likely N-dealkylation sites (tertiary alicyclic amines) is 1. The van der Waals surface area contributed by atoms with Gasteiger partial charge in [0.25, 0.3) is 0 Å². The summed E-state index contributed by atoms with van der Waals surface area (Å²) in [7, 11) is -1.21. The second-order valence-corrected chi connectivity index (χ2v) is 5.82. The van der Waals surface area contributed by atoms with Gasteiger partial charge in [-0.25, -0.2) is 4.39 Å². The van der Waals surface area contributed by atoms with Crippen molar-refractivity contribution in [1.82, 2.24) is 4.90 Å². The van der Waals surface area contributed by atoms with Crippen LogP contribution in [0.25, 0.3) is 0 Å². The predicted octanol–water partition coefficient (Wildman–Crippen LogP) is 1.61. The molecule has 1 fully saturated rings. The average molecular weight is 256 g/mol. The minimum absolute atomic E-state index is 0.385. The first-order valence-electron chi connectivity index (χ1n) is 5.82. The number of halogens is 1. The molecular formula is C12H17FN2OS. The van der Waals surface area contributed by atoms with Crippen molar-refractivity contribution in [3.8, 4) is 0 Å². The van der Waals surface area contributed by atoms with Gasteiger partial charge in [0.2, 0.25) is 0 Å². The molecule has 1 unspecified atom stereocenters. The molecule has 2 rings (SSSR count). The Morgan fingerprint density at radius 2 is 2.06 bits per heavy atom. The topological polar surface area (TPSA) is 46.3 Å². The first-order valence-corrected chi connectivity index (χ1v) is 7.14. The van der Waals surface area contributed by atoms with Gasteiger partial charge < -0.3 is 10.6 Å². The number of benzene rings is 1. The van der Waals surface area contributed by atoms with Crippen molar-refractivity contribution in [2.24, 2.45) is 0 Å². The molecule has 0 amide bonds. The highest BCUT2D eigenvalue weighted by molar-refractivity contribution is 7.85. The summed E-state index contributed by atoms with van der Waals surface area (Å²) in [5.74, 6) is 0.136. The Labute approximate surface area is 103 Å². The molecule has 17 heavy (non-hydrogen) atoms. The van der Waals surface area contributed by atoms with Crippen molar-refractivity contribution in [3.63, 3.8) is 0 Å². The van der Waals surface area contributed by atoms with Crippen molar-refractivity contribution >= 4 is 16.5 Å². The summed E-state index contributed by atoms with van der Waals surface area (Å²) in [5.41, 5.74) is 6.11. The Bertz CT molecular complexity index is 419. The van der Waals surface area contributed by atoms with Crippen molar-refractivity contribution < 1.29 is 8.60 Å². The second kappa shape index (κ2) is 5.60. The van der Waals surface area contributed by atoms with Crippen LogP contribution < -0.4 is 5.73 Å². The quantitative estimate of drug-likeness (QED) is 0.833. The average Bonchev–Trinajstić information content (AvgIpc) is 2.82. The van der Waals surface area contributed by atoms with Crippen LogP contribution in [0, 0.1) is 5.82 Å². The maximum Gasteiger partial charge on any atom is 0.124 e. The van der Waals surface area contributed by atoms with Crippen LogP contribution in [0.15, 0.2) is 23.1 Å². The number of anilines is 1. The van der Waals surface area contributed by atoms with Gasteiger partial charge in [-0.15, -0.1) is 0 Å². The lowest BCUT2D eigenvalue weighted by molar-refractivity contribution is 0.361. The molecule has 1 aromatic carbocycles. The number of hydrogen-bond donors (Lipinski definition) is 1. The monoisotopic (exact) mass is 256 g/mol. The molecule has 1 aromatic rings. The Morgan fingerprint density at radius 1 is 1.35 bits per heavy atom. The molecule has 5 heteroatoms. The van der Waals surface area contributed by atoms with Gasteiger partial charge >= 0.3 is 0 Å². The molecule has 1 aliphatic rings. The van der Waals surface area contributed by atoms with Gasteiger partial charge in [-0.3, -0.25) is 4.21 Å². The number of rotatable bonds is 4. The van der Waals surface area contributed by atoms with E-state index in [0.717, 1.165) is 19.6 Å². The van der Waals surface area contributed by atoms with Gasteiger partial charge in [0.05, 0.1) is 15.7 Å². The molecule has 2 N–H and O–H groups in total. The molecule has 1 heterocycles.